The molecule has 0 atom stereocenters. The number of halogens is 1. The Morgan fingerprint density at radius 2 is 1.48 bits per heavy atom. The van der Waals surface area contributed by atoms with Gasteiger partial charge >= 0.3 is 0 Å². The standard InChI is InChI=1S/C33H23ClN4O3S/c34-25-13-11-22(12-14-25)20-37-21-24(30(36-37)23-7-3-1-4-8-23)19-29-31(39)35-33(42)38(32(29)40)26-15-17-28(18-16-26)41-27-9-5-2-6-10-27/h1-19,21H,20H2,(H,35,39,42)/b29-19+. The number of hydrogen-bond acceptors (Lipinski definition) is 5. The Hall–Kier alpha value is -5.05. The number of nitrogens with zero attached hydrogens (tertiary/aromatic N) is 3. The zero-order valence-corrected chi connectivity index (χ0v) is 23.7. The van der Waals surface area contributed by atoms with Crippen LogP contribution in [-0.4, -0.2) is 26.7 Å². The summed E-state index contributed by atoms with van der Waals surface area (Å²) in [5.41, 5.74) is 3.55. The van der Waals surface area contributed by atoms with E-state index in [0.29, 0.717) is 40.0 Å². The molecule has 1 aromatic heterocycles. The van der Waals surface area contributed by atoms with Crippen LogP contribution in [0.3, 0.4) is 0 Å². The third kappa shape index (κ3) is 5.85. The van der Waals surface area contributed by atoms with Gasteiger partial charge in [-0.25, -0.2) is 0 Å². The van der Waals surface area contributed by atoms with Crippen LogP contribution in [-0.2, 0) is 16.1 Å². The molecular formula is C33H23ClN4O3S. The number of ether oxygens (including phenoxy) is 1. The summed E-state index contributed by atoms with van der Waals surface area (Å²) >= 11 is 11.4. The lowest BCUT2D eigenvalue weighted by atomic mass is 10.0. The van der Waals surface area contributed by atoms with Crippen molar-refractivity contribution in [3.63, 3.8) is 0 Å². The van der Waals surface area contributed by atoms with Gasteiger partial charge in [-0.05, 0) is 72.4 Å². The predicted octanol–water partition coefficient (Wildman–Crippen LogP) is 6.88. The zero-order valence-electron chi connectivity index (χ0n) is 22.1. The van der Waals surface area contributed by atoms with Gasteiger partial charge in [-0.2, -0.15) is 5.10 Å². The minimum atomic E-state index is -0.574. The molecule has 4 aromatic carbocycles. The molecule has 2 amide bonds. The predicted molar refractivity (Wildman–Crippen MR) is 167 cm³/mol. The SMILES string of the molecule is O=C1NC(=S)N(c2ccc(Oc3ccccc3)cc2)C(=O)/C1=C/c1cn(Cc2ccc(Cl)cc2)nc1-c1ccccc1. The number of thiocarbonyl (C=S) groups is 1. The van der Waals surface area contributed by atoms with E-state index >= 15 is 0 Å². The second-order valence-corrected chi connectivity index (χ2v) is 10.3. The van der Waals surface area contributed by atoms with E-state index in [-0.39, 0.29) is 10.7 Å². The number of hydrogen-bond donors (Lipinski definition) is 1. The van der Waals surface area contributed by atoms with Gasteiger partial charge in [-0.15, -0.1) is 0 Å². The number of para-hydroxylation sites is 1. The van der Waals surface area contributed by atoms with Gasteiger partial charge in [-0.1, -0.05) is 72.3 Å². The lowest BCUT2D eigenvalue weighted by Gasteiger charge is -2.29. The van der Waals surface area contributed by atoms with Gasteiger partial charge in [-0.3, -0.25) is 24.5 Å². The Morgan fingerprint density at radius 3 is 2.17 bits per heavy atom. The quantitative estimate of drug-likeness (QED) is 0.127. The molecule has 0 aliphatic carbocycles. The highest BCUT2D eigenvalue weighted by molar-refractivity contribution is 7.80. The van der Waals surface area contributed by atoms with Crippen LogP contribution >= 0.6 is 23.8 Å². The lowest BCUT2D eigenvalue weighted by Crippen LogP contribution is -2.54. The second kappa shape index (κ2) is 11.8. The average Bonchev–Trinajstić information content (AvgIpc) is 3.40. The maximum absolute atomic E-state index is 13.7. The first-order valence-corrected chi connectivity index (χ1v) is 13.8. The molecule has 7 nitrogen and oxygen atoms in total. The molecule has 206 valence electrons. The van der Waals surface area contributed by atoms with E-state index < -0.39 is 11.8 Å². The molecular weight excluding hydrogens is 568 g/mol. The van der Waals surface area contributed by atoms with Crippen molar-refractivity contribution in [1.29, 1.82) is 0 Å². The molecule has 42 heavy (non-hydrogen) atoms. The Morgan fingerprint density at radius 1 is 0.833 bits per heavy atom. The molecule has 0 bridgehead atoms. The van der Waals surface area contributed by atoms with Crippen LogP contribution in [0.25, 0.3) is 17.3 Å². The largest absolute Gasteiger partial charge is 0.457 e. The van der Waals surface area contributed by atoms with Crippen LogP contribution < -0.4 is 15.0 Å². The van der Waals surface area contributed by atoms with Crippen molar-refractivity contribution < 1.29 is 14.3 Å². The number of nitrogens with one attached hydrogen (secondary N) is 1. The van der Waals surface area contributed by atoms with E-state index in [1.165, 1.54) is 4.90 Å². The molecule has 1 fully saturated rings. The first-order valence-electron chi connectivity index (χ1n) is 13.1. The Kier molecular flexibility index (Phi) is 7.64. The minimum Gasteiger partial charge on any atom is -0.457 e. The van der Waals surface area contributed by atoms with Gasteiger partial charge < -0.3 is 4.74 Å². The van der Waals surface area contributed by atoms with Crippen molar-refractivity contribution in [3.05, 3.63) is 137 Å². The summed E-state index contributed by atoms with van der Waals surface area (Å²) in [7, 11) is 0. The summed E-state index contributed by atoms with van der Waals surface area (Å²) < 4.78 is 7.64. The molecule has 0 saturated carbocycles. The van der Waals surface area contributed by atoms with E-state index in [9.17, 15) is 9.59 Å². The molecule has 0 unspecified atom stereocenters. The third-order valence-corrected chi connectivity index (χ3v) is 7.11. The Labute approximate surface area is 252 Å². The van der Waals surface area contributed by atoms with Gasteiger partial charge in [0.05, 0.1) is 17.9 Å². The van der Waals surface area contributed by atoms with E-state index in [1.54, 1.807) is 35.0 Å². The Balaban J connectivity index is 1.32. The number of benzene rings is 4. The molecule has 2 heterocycles. The molecule has 1 N–H and O–H groups in total. The number of aromatic nitrogens is 2. The molecule has 1 aliphatic rings. The molecule has 6 rings (SSSR count). The Bertz CT molecular complexity index is 1800. The van der Waals surface area contributed by atoms with E-state index in [2.05, 4.69) is 5.32 Å². The van der Waals surface area contributed by atoms with Crippen molar-refractivity contribution in [2.75, 3.05) is 4.90 Å². The van der Waals surface area contributed by atoms with Gasteiger partial charge in [0.15, 0.2) is 5.11 Å². The fourth-order valence-corrected chi connectivity index (χ4v) is 4.96. The maximum atomic E-state index is 13.7. The molecule has 9 heteroatoms. The third-order valence-electron chi connectivity index (χ3n) is 6.57. The van der Waals surface area contributed by atoms with Gasteiger partial charge in [0, 0.05) is 22.3 Å². The minimum absolute atomic E-state index is 0.000550. The number of amides is 2. The topological polar surface area (TPSA) is 76.5 Å². The number of carbonyl (C=O) groups excluding carboxylic acids is 2. The molecule has 1 saturated heterocycles. The monoisotopic (exact) mass is 590 g/mol. The van der Waals surface area contributed by atoms with Crippen LogP contribution in [0.15, 0.2) is 121 Å². The van der Waals surface area contributed by atoms with Crippen LogP contribution in [0.5, 0.6) is 11.5 Å². The molecule has 0 spiro atoms. The van der Waals surface area contributed by atoms with Gasteiger partial charge in [0.25, 0.3) is 11.8 Å². The van der Waals surface area contributed by atoms with E-state index in [1.807, 2.05) is 91.1 Å². The second-order valence-electron chi connectivity index (χ2n) is 9.49. The van der Waals surface area contributed by atoms with Crippen molar-refractivity contribution in [1.82, 2.24) is 15.1 Å². The number of anilines is 1. The number of rotatable bonds is 7. The summed E-state index contributed by atoms with van der Waals surface area (Å²) in [6, 6.07) is 33.4. The fourth-order valence-electron chi connectivity index (χ4n) is 4.56. The van der Waals surface area contributed by atoms with E-state index in [4.69, 9.17) is 33.7 Å². The zero-order chi connectivity index (χ0) is 29.1. The highest BCUT2D eigenvalue weighted by atomic mass is 35.5. The molecule has 1 aliphatic heterocycles. The molecule has 0 radical (unpaired) electrons. The van der Waals surface area contributed by atoms with Crippen LogP contribution in [0.1, 0.15) is 11.1 Å². The van der Waals surface area contributed by atoms with Gasteiger partial charge in [0.1, 0.15) is 17.1 Å². The molecule has 5 aromatic rings. The highest BCUT2D eigenvalue weighted by Crippen LogP contribution is 2.29. The first kappa shape index (κ1) is 27.1. The van der Waals surface area contributed by atoms with Crippen molar-refractivity contribution in [2.24, 2.45) is 0 Å². The first-order chi connectivity index (χ1) is 20.4. The van der Waals surface area contributed by atoms with E-state index in [0.717, 1.165) is 11.1 Å². The normalized spacial score (nSPS) is 14.3. The summed E-state index contributed by atoms with van der Waals surface area (Å²) in [6.45, 7) is 0.480. The highest BCUT2D eigenvalue weighted by Gasteiger charge is 2.35. The smallest absolute Gasteiger partial charge is 0.270 e. The fraction of sp³-hybridized carbons (Fsp3) is 0.0303. The average molecular weight is 591 g/mol. The van der Waals surface area contributed by atoms with Gasteiger partial charge in [0.2, 0.25) is 0 Å². The van der Waals surface area contributed by atoms with Crippen LogP contribution in [0, 0.1) is 0 Å². The van der Waals surface area contributed by atoms with Crippen LogP contribution in [0.4, 0.5) is 5.69 Å². The summed E-state index contributed by atoms with van der Waals surface area (Å²) in [5, 5.41) is 8.10. The van der Waals surface area contributed by atoms with Crippen molar-refractivity contribution in [3.8, 4) is 22.8 Å². The van der Waals surface area contributed by atoms with Crippen LogP contribution in [0.2, 0.25) is 5.02 Å². The van der Waals surface area contributed by atoms with Crippen molar-refractivity contribution >= 4 is 52.5 Å². The maximum Gasteiger partial charge on any atom is 0.270 e. The lowest BCUT2D eigenvalue weighted by molar-refractivity contribution is -0.122. The summed E-state index contributed by atoms with van der Waals surface area (Å²) in [4.78, 5) is 28.1. The summed E-state index contributed by atoms with van der Waals surface area (Å²) in [5.74, 6) is 0.179. The van der Waals surface area contributed by atoms with Crippen molar-refractivity contribution in [2.45, 2.75) is 6.54 Å². The number of carbonyl (C=O) groups is 2. The summed E-state index contributed by atoms with van der Waals surface area (Å²) in [6.07, 6.45) is 3.38.